The molecule has 0 aliphatic heterocycles. The van der Waals surface area contributed by atoms with E-state index in [1.807, 2.05) is 12.1 Å². The molecule has 2 heteroatoms. The van der Waals surface area contributed by atoms with Gasteiger partial charge in [0.2, 0.25) is 0 Å². The van der Waals surface area contributed by atoms with Crippen molar-refractivity contribution in [3.05, 3.63) is 29.8 Å². The summed E-state index contributed by atoms with van der Waals surface area (Å²) >= 11 is 0. The van der Waals surface area contributed by atoms with Gasteiger partial charge in [0.15, 0.2) is 0 Å². The Balaban J connectivity index is 2.30. The van der Waals surface area contributed by atoms with Gasteiger partial charge in [-0.1, -0.05) is 32.4 Å². The molecule has 2 atom stereocenters. The summed E-state index contributed by atoms with van der Waals surface area (Å²) in [5.41, 5.74) is 1.36. The van der Waals surface area contributed by atoms with E-state index in [-0.39, 0.29) is 0 Å². The lowest BCUT2D eigenvalue weighted by Crippen LogP contribution is -2.33. The summed E-state index contributed by atoms with van der Waals surface area (Å²) in [5.74, 6) is 1.67. The fourth-order valence-corrected chi connectivity index (χ4v) is 1.79. The van der Waals surface area contributed by atoms with E-state index in [9.17, 15) is 0 Å². The molecule has 0 spiro atoms. The van der Waals surface area contributed by atoms with Crippen molar-refractivity contribution < 1.29 is 4.74 Å². The third kappa shape index (κ3) is 4.78. The topological polar surface area (TPSA) is 21.3 Å². The second kappa shape index (κ2) is 7.33. The zero-order valence-electron chi connectivity index (χ0n) is 11.5. The van der Waals surface area contributed by atoms with Crippen LogP contribution in [0, 0.1) is 5.92 Å². The molecular formula is C15H25NO. The van der Waals surface area contributed by atoms with Gasteiger partial charge in [0, 0.05) is 6.04 Å². The van der Waals surface area contributed by atoms with Gasteiger partial charge >= 0.3 is 0 Å². The minimum atomic E-state index is 0.596. The molecular weight excluding hydrogens is 210 g/mol. The summed E-state index contributed by atoms with van der Waals surface area (Å²) in [4.78, 5) is 0. The van der Waals surface area contributed by atoms with E-state index in [0.717, 1.165) is 24.6 Å². The van der Waals surface area contributed by atoms with Crippen molar-refractivity contribution in [1.29, 1.82) is 0 Å². The zero-order chi connectivity index (χ0) is 12.7. The van der Waals surface area contributed by atoms with Crippen molar-refractivity contribution >= 4 is 0 Å². The highest BCUT2D eigenvalue weighted by atomic mass is 16.5. The van der Waals surface area contributed by atoms with Gasteiger partial charge in [0.25, 0.3) is 0 Å². The summed E-state index contributed by atoms with van der Waals surface area (Å²) in [5, 5.41) is 3.58. The molecule has 0 bridgehead atoms. The van der Waals surface area contributed by atoms with Crippen LogP contribution in [0.3, 0.4) is 0 Å². The van der Waals surface area contributed by atoms with Crippen LogP contribution in [0.15, 0.2) is 24.3 Å². The number of benzene rings is 1. The van der Waals surface area contributed by atoms with Crippen LogP contribution >= 0.6 is 0 Å². The molecule has 0 aromatic heterocycles. The molecule has 1 N–H and O–H groups in total. The minimum Gasteiger partial charge on any atom is -0.497 e. The van der Waals surface area contributed by atoms with Gasteiger partial charge in [-0.05, 0) is 43.5 Å². The van der Waals surface area contributed by atoms with E-state index in [2.05, 4.69) is 38.2 Å². The summed E-state index contributed by atoms with van der Waals surface area (Å²) < 4.78 is 5.14. The quantitative estimate of drug-likeness (QED) is 0.783. The number of hydrogen-bond acceptors (Lipinski definition) is 2. The normalized spacial score (nSPS) is 14.4. The van der Waals surface area contributed by atoms with Crippen molar-refractivity contribution in [2.24, 2.45) is 5.92 Å². The van der Waals surface area contributed by atoms with Crippen LogP contribution in [0.4, 0.5) is 0 Å². The highest BCUT2D eigenvalue weighted by molar-refractivity contribution is 5.27. The number of methoxy groups -OCH3 is 1. The molecule has 1 aromatic rings. The van der Waals surface area contributed by atoms with E-state index in [0.29, 0.717) is 6.04 Å². The van der Waals surface area contributed by atoms with Crippen LogP contribution in [0.1, 0.15) is 32.8 Å². The molecule has 17 heavy (non-hydrogen) atoms. The Bertz CT molecular complexity index is 307. The minimum absolute atomic E-state index is 0.596. The van der Waals surface area contributed by atoms with Gasteiger partial charge in [0.1, 0.15) is 5.75 Å². The summed E-state index contributed by atoms with van der Waals surface area (Å²) in [6, 6.07) is 8.90. The van der Waals surface area contributed by atoms with E-state index < -0.39 is 0 Å². The first-order valence-electron chi connectivity index (χ1n) is 6.53. The van der Waals surface area contributed by atoms with Gasteiger partial charge in [-0.3, -0.25) is 0 Å². The van der Waals surface area contributed by atoms with E-state index in [4.69, 9.17) is 4.74 Å². The van der Waals surface area contributed by atoms with Crippen molar-refractivity contribution in [2.75, 3.05) is 13.7 Å². The Hall–Kier alpha value is -1.02. The predicted octanol–water partition coefficient (Wildman–Crippen LogP) is 3.26. The number of ether oxygens (including phenoxy) is 1. The van der Waals surface area contributed by atoms with E-state index in [1.54, 1.807) is 7.11 Å². The summed E-state index contributed by atoms with van der Waals surface area (Å²) in [6.07, 6.45) is 2.31. The Morgan fingerprint density at radius 1 is 1.18 bits per heavy atom. The molecule has 0 saturated heterocycles. The molecule has 0 saturated carbocycles. The largest absolute Gasteiger partial charge is 0.497 e. The van der Waals surface area contributed by atoms with Crippen LogP contribution in [-0.4, -0.2) is 19.7 Å². The Morgan fingerprint density at radius 3 is 2.35 bits per heavy atom. The standard InChI is InChI=1S/C15H25NO/c1-5-12(2)13(3)16-11-10-14-6-8-15(17-4)9-7-14/h6-9,12-13,16H,5,10-11H2,1-4H3. The maximum atomic E-state index is 5.14. The Kier molecular flexibility index (Phi) is 6.06. The first-order valence-corrected chi connectivity index (χ1v) is 6.53. The van der Waals surface area contributed by atoms with Gasteiger partial charge in [-0.15, -0.1) is 0 Å². The van der Waals surface area contributed by atoms with Crippen LogP contribution < -0.4 is 10.1 Å². The molecule has 2 nitrogen and oxygen atoms in total. The first kappa shape index (κ1) is 14.0. The first-order chi connectivity index (χ1) is 8.17. The van der Waals surface area contributed by atoms with Crippen molar-refractivity contribution in [1.82, 2.24) is 5.32 Å². The number of nitrogens with one attached hydrogen (secondary N) is 1. The van der Waals surface area contributed by atoms with Crippen molar-refractivity contribution in [3.8, 4) is 5.75 Å². The molecule has 1 aromatic carbocycles. The van der Waals surface area contributed by atoms with E-state index >= 15 is 0 Å². The maximum absolute atomic E-state index is 5.14. The second-order valence-electron chi connectivity index (χ2n) is 4.73. The van der Waals surface area contributed by atoms with Crippen LogP contribution in [0.2, 0.25) is 0 Å². The summed E-state index contributed by atoms with van der Waals surface area (Å²) in [6.45, 7) is 7.84. The molecule has 1 rings (SSSR count). The van der Waals surface area contributed by atoms with Crippen molar-refractivity contribution in [3.63, 3.8) is 0 Å². The van der Waals surface area contributed by atoms with E-state index in [1.165, 1.54) is 12.0 Å². The fraction of sp³-hybridized carbons (Fsp3) is 0.600. The maximum Gasteiger partial charge on any atom is 0.118 e. The average molecular weight is 235 g/mol. The molecule has 96 valence electrons. The van der Waals surface area contributed by atoms with Crippen molar-refractivity contribution in [2.45, 2.75) is 39.7 Å². The lowest BCUT2D eigenvalue weighted by atomic mass is 10.0. The number of rotatable bonds is 7. The molecule has 2 unspecified atom stereocenters. The summed E-state index contributed by atoms with van der Waals surface area (Å²) in [7, 11) is 1.70. The Labute approximate surface area is 105 Å². The lowest BCUT2D eigenvalue weighted by molar-refractivity contribution is 0.393. The monoisotopic (exact) mass is 235 g/mol. The van der Waals surface area contributed by atoms with Gasteiger partial charge in [0.05, 0.1) is 7.11 Å². The zero-order valence-corrected chi connectivity index (χ0v) is 11.5. The van der Waals surface area contributed by atoms with Gasteiger partial charge in [-0.2, -0.15) is 0 Å². The third-order valence-electron chi connectivity index (χ3n) is 3.54. The van der Waals surface area contributed by atoms with Gasteiger partial charge in [-0.25, -0.2) is 0 Å². The van der Waals surface area contributed by atoms with Crippen LogP contribution in [0.5, 0.6) is 5.75 Å². The molecule has 0 aliphatic carbocycles. The average Bonchev–Trinajstić information content (AvgIpc) is 2.38. The molecule has 0 amide bonds. The molecule has 0 radical (unpaired) electrons. The predicted molar refractivity (Wildman–Crippen MR) is 73.6 cm³/mol. The van der Waals surface area contributed by atoms with Crippen LogP contribution in [-0.2, 0) is 6.42 Å². The fourth-order valence-electron chi connectivity index (χ4n) is 1.79. The molecule has 0 heterocycles. The van der Waals surface area contributed by atoms with Crippen LogP contribution in [0.25, 0.3) is 0 Å². The second-order valence-corrected chi connectivity index (χ2v) is 4.73. The molecule has 0 fully saturated rings. The SMILES string of the molecule is CCC(C)C(C)NCCc1ccc(OC)cc1. The molecule has 0 aliphatic rings. The third-order valence-corrected chi connectivity index (χ3v) is 3.54. The highest BCUT2D eigenvalue weighted by Gasteiger charge is 2.08. The lowest BCUT2D eigenvalue weighted by Gasteiger charge is -2.19. The number of hydrogen-bond donors (Lipinski definition) is 1. The Morgan fingerprint density at radius 2 is 1.82 bits per heavy atom. The van der Waals surface area contributed by atoms with Gasteiger partial charge < -0.3 is 10.1 Å². The smallest absolute Gasteiger partial charge is 0.118 e. The highest BCUT2D eigenvalue weighted by Crippen LogP contribution is 2.12.